The van der Waals surface area contributed by atoms with Crippen LogP contribution in [0.2, 0.25) is 0 Å². The number of ether oxygens (including phenoxy) is 1. The summed E-state index contributed by atoms with van der Waals surface area (Å²) in [6.45, 7) is 7.35. The molecule has 4 rings (SSSR count). The molecule has 4 heterocycles. The Labute approximate surface area is 146 Å². The third-order valence-corrected chi connectivity index (χ3v) is 5.20. The number of hydrogen-bond donors (Lipinski definition) is 2. The highest BCUT2D eigenvalue weighted by Crippen LogP contribution is 2.32. The lowest BCUT2D eigenvalue weighted by Crippen LogP contribution is -2.39. The number of aromatic amines is 2. The monoisotopic (exact) mass is 344 g/mol. The van der Waals surface area contributed by atoms with Gasteiger partial charge in [-0.2, -0.15) is 10.2 Å². The second-order valence-electron chi connectivity index (χ2n) is 7.10. The summed E-state index contributed by atoms with van der Waals surface area (Å²) in [7, 11) is 0. The van der Waals surface area contributed by atoms with E-state index < -0.39 is 0 Å². The van der Waals surface area contributed by atoms with Crippen LogP contribution in [0.1, 0.15) is 72.1 Å². The van der Waals surface area contributed by atoms with E-state index in [2.05, 4.69) is 25.4 Å². The summed E-state index contributed by atoms with van der Waals surface area (Å²) in [6, 6.07) is 0. The molecule has 0 aromatic carbocycles. The average molecular weight is 344 g/mol. The Morgan fingerprint density at radius 1 is 1.20 bits per heavy atom. The molecule has 2 N–H and O–H groups in total. The fourth-order valence-corrected chi connectivity index (χ4v) is 3.88. The number of rotatable bonds is 2. The first-order valence-electron chi connectivity index (χ1n) is 8.93. The number of aromatic nitrogens is 5. The number of aryl methyl sites for hydroxylation is 1. The fourth-order valence-electron chi connectivity index (χ4n) is 3.88. The van der Waals surface area contributed by atoms with Crippen LogP contribution in [0.4, 0.5) is 0 Å². The van der Waals surface area contributed by atoms with Crippen LogP contribution in [-0.4, -0.2) is 55.4 Å². The maximum Gasteiger partial charge on any atom is 0.274 e. The quantitative estimate of drug-likeness (QED) is 0.866. The Balaban J connectivity index is 1.46. The summed E-state index contributed by atoms with van der Waals surface area (Å²) in [4.78, 5) is 19.3. The molecule has 0 radical (unpaired) electrons. The number of fused-ring (bicyclic) bond motifs is 1. The summed E-state index contributed by atoms with van der Waals surface area (Å²) >= 11 is 0. The van der Waals surface area contributed by atoms with Crippen molar-refractivity contribution in [3.63, 3.8) is 0 Å². The van der Waals surface area contributed by atoms with Gasteiger partial charge in [0.25, 0.3) is 5.91 Å². The molecule has 2 atom stereocenters. The van der Waals surface area contributed by atoms with Gasteiger partial charge in [0, 0.05) is 31.0 Å². The number of nitrogens with zero attached hydrogens (tertiary/aromatic N) is 4. The summed E-state index contributed by atoms with van der Waals surface area (Å²) in [5.41, 5.74) is 2.51. The van der Waals surface area contributed by atoms with Gasteiger partial charge in [0.2, 0.25) is 0 Å². The lowest BCUT2D eigenvalue weighted by molar-refractivity contribution is -0.00703. The van der Waals surface area contributed by atoms with E-state index in [4.69, 9.17) is 4.74 Å². The molecule has 8 heteroatoms. The molecule has 2 aromatic rings. The zero-order chi connectivity index (χ0) is 17.6. The predicted molar refractivity (Wildman–Crippen MR) is 90.3 cm³/mol. The van der Waals surface area contributed by atoms with Crippen molar-refractivity contribution in [2.75, 3.05) is 13.1 Å². The Morgan fingerprint density at radius 2 is 1.96 bits per heavy atom. The molecule has 0 saturated carbocycles. The van der Waals surface area contributed by atoms with E-state index in [0.29, 0.717) is 24.7 Å². The first kappa shape index (κ1) is 16.3. The number of hydrogen-bond acceptors (Lipinski definition) is 5. The molecule has 2 aliphatic rings. The van der Waals surface area contributed by atoms with Gasteiger partial charge in [0.05, 0.1) is 17.9 Å². The fraction of sp³-hybridized carbons (Fsp3) is 0.647. The largest absolute Gasteiger partial charge is 0.369 e. The van der Waals surface area contributed by atoms with Crippen LogP contribution in [0.25, 0.3) is 0 Å². The topological polar surface area (TPSA) is 99.8 Å². The highest BCUT2D eigenvalue weighted by molar-refractivity contribution is 5.94. The predicted octanol–water partition coefficient (Wildman–Crippen LogP) is 1.88. The normalized spacial score (nSPS) is 24.4. The lowest BCUT2D eigenvalue weighted by atomic mass is 9.95. The van der Waals surface area contributed by atoms with E-state index in [1.54, 1.807) is 0 Å². The molecule has 0 bridgehead atoms. The minimum atomic E-state index is -0.0486. The van der Waals surface area contributed by atoms with Gasteiger partial charge in [-0.1, -0.05) is 0 Å². The molecular weight excluding hydrogens is 320 g/mol. The van der Waals surface area contributed by atoms with Crippen molar-refractivity contribution in [3.05, 3.63) is 28.6 Å². The molecular formula is C17H24N6O2. The Morgan fingerprint density at radius 3 is 2.64 bits per heavy atom. The van der Waals surface area contributed by atoms with Gasteiger partial charge in [-0.15, -0.1) is 0 Å². The van der Waals surface area contributed by atoms with E-state index in [1.165, 1.54) is 0 Å². The summed E-state index contributed by atoms with van der Waals surface area (Å²) in [5, 5.41) is 14.5. The van der Waals surface area contributed by atoms with Crippen molar-refractivity contribution in [3.8, 4) is 0 Å². The maximum absolute atomic E-state index is 13.0. The van der Waals surface area contributed by atoms with Crippen molar-refractivity contribution >= 4 is 5.91 Å². The number of piperidine rings is 1. The second kappa shape index (κ2) is 6.25. The molecule has 2 aromatic heterocycles. The number of likely N-dealkylation sites (tertiary alicyclic amines) is 1. The van der Waals surface area contributed by atoms with Crippen molar-refractivity contribution < 1.29 is 9.53 Å². The van der Waals surface area contributed by atoms with Crippen LogP contribution in [0.5, 0.6) is 0 Å². The zero-order valence-corrected chi connectivity index (χ0v) is 14.9. The number of H-pyrrole nitrogens is 2. The number of amides is 1. The van der Waals surface area contributed by atoms with Crippen molar-refractivity contribution in [2.45, 2.75) is 58.2 Å². The molecule has 1 amide bonds. The van der Waals surface area contributed by atoms with Crippen LogP contribution in [0.15, 0.2) is 0 Å². The molecule has 0 spiro atoms. The van der Waals surface area contributed by atoms with E-state index in [1.807, 2.05) is 25.7 Å². The average Bonchev–Trinajstić information content (AvgIpc) is 3.21. The number of carbonyl (C=O) groups is 1. The van der Waals surface area contributed by atoms with Crippen LogP contribution >= 0.6 is 0 Å². The van der Waals surface area contributed by atoms with Gasteiger partial charge in [0.15, 0.2) is 11.5 Å². The van der Waals surface area contributed by atoms with Gasteiger partial charge in [-0.3, -0.25) is 15.0 Å². The van der Waals surface area contributed by atoms with E-state index in [-0.39, 0.29) is 18.1 Å². The van der Waals surface area contributed by atoms with Gasteiger partial charge < -0.3 is 9.64 Å². The molecule has 25 heavy (non-hydrogen) atoms. The van der Waals surface area contributed by atoms with Crippen LogP contribution < -0.4 is 0 Å². The van der Waals surface area contributed by atoms with E-state index >= 15 is 0 Å². The molecule has 2 aliphatic heterocycles. The lowest BCUT2D eigenvalue weighted by Gasteiger charge is -2.31. The molecule has 1 saturated heterocycles. The van der Waals surface area contributed by atoms with E-state index in [9.17, 15) is 4.79 Å². The minimum Gasteiger partial charge on any atom is -0.369 e. The van der Waals surface area contributed by atoms with Gasteiger partial charge in [-0.25, -0.2) is 4.98 Å². The SMILES string of the molecule is Cc1nc(C2CCN(C(=O)c3n[nH]c4c3C[C@@H](C)O[C@H]4C)CC2)n[nH]1. The van der Waals surface area contributed by atoms with E-state index in [0.717, 1.165) is 42.2 Å². The summed E-state index contributed by atoms with van der Waals surface area (Å²) in [6.07, 6.45) is 2.54. The highest BCUT2D eigenvalue weighted by Gasteiger charge is 2.33. The van der Waals surface area contributed by atoms with Crippen LogP contribution in [0.3, 0.4) is 0 Å². The molecule has 0 aliphatic carbocycles. The van der Waals surface area contributed by atoms with Gasteiger partial charge in [-0.05, 0) is 33.6 Å². The zero-order valence-electron chi connectivity index (χ0n) is 14.9. The van der Waals surface area contributed by atoms with Crippen LogP contribution in [0, 0.1) is 6.92 Å². The first-order chi connectivity index (χ1) is 12.0. The molecule has 8 nitrogen and oxygen atoms in total. The molecule has 1 fully saturated rings. The highest BCUT2D eigenvalue weighted by atomic mass is 16.5. The standard InChI is InChI=1S/C17H24N6O2/c1-9-8-13-14(10(2)25-9)20-21-15(13)17(24)23-6-4-12(5-7-23)16-18-11(3)19-22-16/h9-10,12H,4-8H2,1-3H3,(H,20,21)(H,18,19,22)/t9-,10+/m1/s1. The number of carbonyl (C=O) groups excluding carboxylic acids is 1. The van der Waals surface area contributed by atoms with Crippen molar-refractivity contribution in [1.82, 2.24) is 30.3 Å². The smallest absolute Gasteiger partial charge is 0.274 e. The van der Waals surface area contributed by atoms with Gasteiger partial charge >= 0.3 is 0 Å². The third-order valence-electron chi connectivity index (χ3n) is 5.20. The maximum atomic E-state index is 13.0. The summed E-state index contributed by atoms with van der Waals surface area (Å²) < 4.78 is 5.80. The second-order valence-corrected chi connectivity index (χ2v) is 7.10. The number of nitrogens with one attached hydrogen (secondary N) is 2. The third kappa shape index (κ3) is 2.95. The van der Waals surface area contributed by atoms with Gasteiger partial charge in [0.1, 0.15) is 5.82 Å². The Bertz CT molecular complexity index is 774. The minimum absolute atomic E-state index is 0.0171. The molecule has 0 unspecified atom stereocenters. The van der Waals surface area contributed by atoms with Crippen molar-refractivity contribution in [1.29, 1.82) is 0 Å². The van der Waals surface area contributed by atoms with Crippen LogP contribution in [-0.2, 0) is 11.2 Å². The van der Waals surface area contributed by atoms with Crippen molar-refractivity contribution in [2.24, 2.45) is 0 Å². The summed E-state index contributed by atoms with van der Waals surface area (Å²) in [5.74, 6) is 2.03. The molecule has 134 valence electrons. The Kier molecular flexibility index (Phi) is 4.07. The Hall–Kier alpha value is -2.22. The first-order valence-corrected chi connectivity index (χ1v) is 8.93.